The van der Waals surface area contributed by atoms with Crippen LogP contribution in [-0.4, -0.2) is 23.1 Å². The molecule has 7 nitrogen and oxygen atoms in total. The molecule has 1 amide bonds. The number of esters is 1. The highest BCUT2D eigenvalue weighted by atomic mass is 16.5. The second-order valence-electron chi connectivity index (χ2n) is 7.46. The first kappa shape index (κ1) is 19.4. The Morgan fingerprint density at radius 2 is 1.75 bits per heavy atom. The Balaban J connectivity index is 1.55. The largest absolute Gasteiger partial charge is 0.454 e. The lowest BCUT2D eigenvalue weighted by Gasteiger charge is -2.19. The smallest absolute Gasteiger partial charge is 0.420 e. The van der Waals surface area contributed by atoms with Crippen molar-refractivity contribution in [3.63, 3.8) is 0 Å². The van der Waals surface area contributed by atoms with Gasteiger partial charge in [0.15, 0.2) is 12.2 Å². The third-order valence-corrected chi connectivity index (χ3v) is 4.26. The first-order valence-electron chi connectivity index (χ1n) is 8.88. The number of hydrogen-bond donors (Lipinski definition) is 1. The molecule has 0 saturated carbocycles. The molecule has 146 valence electrons. The summed E-state index contributed by atoms with van der Waals surface area (Å²) < 4.78 is 11.2. The Hall–Kier alpha value is -3.35. The topological polar surface area (TPSA) is 90.5 Å². The summed E-state index contributed by atoms with van der Waals surface area (Å²) >= 11 is 0. The average Bonchev–Trinajstić information content (AvgIpc) is 2.95. The third kappa shape index (κ3) is 4.49. The maximum atomic E-state index is 12.0. The predicted molar refractivity (Wildman–Crippen MR) is 105 cm³/mol. The lowest BCUT2D eigenvalue weighted by molar-refractivity contribution is -0.147. The van der Waals surface area contributed by atoms with Gasteiger partial charge >= 0.3 is 11.7 Å². The quantitative estimate of drug-likeness (QED) is 0.685. The van der Waals surface area contributed by atoms with Gasteiger partial charge in [-0.2, -0.15) is 0 Å². The number of ether oxygens (including phenoxy) is 1. The van der Waals surface area contributed by atoms with Gasteiger partial charge in [0, 0.05) is 5.69 Å². The van der Waals surface area contributed by atoms with Gasteiger partial charge in [0.2, 0.25) is 0 Å². The molecule has 0 saturated heterocycles. The van der Waals surface area contributed by atoms with Crippen LogP contribution in [0.5, 0.6) is 0 Å². The van der Waals surface area contributed by atoms with Crippen LogP contribution >= 0.6 is 0 Å². The second-order valence-corrected chi connectivity index (χ2v) is 7.46. The first-order valence-corrected chi connectivity index (χ1v) is 8.88. The zero-order valence-corrected chi connectivity index (χ0v) is 16.0. The maximum Gasteiger partial charge on any atom is 0.420 e. The molecule has 1 aromatic heterocycles. The normalized spacial score (nSPS) is 11.4. The molecule has 28 heavy (non-hydrogen) atoms. The molecule has 1 heterocycles. The zero-order valence-electron chi connectivity index (χ0n) is 16.0. The van der Waals surface area contributed by atoms with E-state index in [-0.39, 0.29) is 12.0 Å². The molecular weight excluding hydrogens is 360 g/mol. The van der Waals surface area contributed by atoms with Crippen LogP contribution in [-0.2, 0) is 26.3 Å². The van der Waals surface area contributed by atoms with Crippen molar-refractivity contribution in [2.75, 3.05) is 11.9 Å². The van der Waals surface area contributed by atoms with Crippen LogP contribution in [0.1, 0.15) is 26.3 Å². The van der Waals surface area contributed by atoms with Crippen LogP contribution in [0.15, 0.2) is 57.7 Å². The molecule has 3 aromatic rings. The van der Waals surface area contributed by atoms with Crippen LogP contribution < -0.4 is 11.1 Å². The molecule has 0 fully saturated rings. The van der Waals surface area contributed by atoms with Crippen molar-refractivity contribution in [1.29, 1.82) is 0 Å². The molecule has 0 atom stereocenters. The Labute approximate surface area is 161 Å². The Bertz CT molecular complexity index is 1050. The first-order chi connectivity index (χ1) is 13.2. The average molecular weight is 382 g/mol. The minimum atomic E-state index is -0.702. The number of carbonyl (C=O) groups excluding carboxylic acids is 2. The van der Waals surface area contributed by atoms with Gasteiger partial charge in [0.05, 0.1) is 5.52 Å². The van der Waals surface area contributed by atoms with Crippen molar-refractivity contribution >= 4 is 28.7 Å². The SMILES string of the molecule is CC(C)(C)c1ccc(NC(=O)COC(=O)Cn2c(=O)oc3ccccc32)cc1. The van der Waals surface area contributed by atoms with Gasteiger partial charge in [0.1, 0.15) is 6.54 Å². The van der Waals surface area contributed by atoms with Crippen LogP contribution in [0.25, 0.3) is 11.1 Å². The monoisotopic (exact) mass is 382 g/mol. The molecule has 7 heteroatoms. The summed E-state index contributed by atoms with van der Waals surface area (Å²) in [6.07, 6.45) is 0. The highest BCUT2D eigenvalue weighted by Gasteiger charge is 2.15. The Morgan fingerprint density at radius 1 is 1.07 bits per heavy atom. The van der Waals surface area contributed by atoms with Crippen LogP contribution in [0, 0.1) is 0 Å². The Kier molecular flexibility index (Phi) is 5.35. The standard InChI is InChI=1S/C21H22N2O5/c1-21(2,3)14-8-10-15(11-9-14)22-18(24)13-27-19(25)12-23-16-6-4-5-7-17(16)28-20(23)26/h4-11H,12-13H2,1-3H3,(H,22,24). The fourth-order valence-corrected chi connectivity index (χ4v) is 2.74. The van der Waals surface area contributed by atoms with Gasteiger partial charge in [-0.1, -0.05) is 45.0 Å². The van der Waals surface area contributed by atoms with Crippen molar-refractivity contribution in [3.8, 4) is 0 Å². The van der Waals surface area contributed by atoms with E-state index in [0.717, 1.165) is 5.56 Å². The molecule has 3 rings (SSSR count). The molecule has 0 radical (unpaired) electrons. The number of oxazole rings is 1. The molecule has 0 bridgehead atoms. The van der Waals surface area contributed by atoms with Crippen molar-refractivity contribution < 1.29 is 18.7 Å². The molecule has 0 aliphatic rings. The van der Waals surface area contributed by atoms with Crippen molar-refractivity contribution in [3.05, 3.63) is 64.6 Å². The summed E-state index contributed by atoms with van der Waals surface area (Å²) in [7, 11) is 0. The van der Waals surface area contributed by atoms with E-state index in [1.807, 2.05) is 12.1 Å². The van der Waals surface area contributed by atoms with E-state index in [2.05, 4.69) is 26.1 Å². The van der Waals surface area contributed by atoms with Crippen LogP contribution in [0.3, 0.4) is 0 Å². The van der Waals surface area contributed by atoms with E-state index in [9.17, 15) is 14.4 Å². The number of anilines is 1. The van der Waals surface area contributed by atoms with E-state index in [4.69, 9.17) is 9.15 Å². The van der Waals surface area contributed by atoms with Gasteiger partial charge in [-0.25, -0.2) is 4.79 Å². The number of amides is 1. The molecule has 0 aliphatic heterocycles. The number of nitrogens with one attached hydrogen (secondary N) is 1. The number of nitrogens with zero attached hydrogens (tertiary/aromatic N) is 1. The summed E-state index contributed by atoms with van der Waals surface area (Å²) in [6.45, 7) is 5.55. The number of aromatic nitrogens is 1. The number of fused-ring (bicyclic) bond motifs is 1. The summed E-state index contributed by atoms with van der Waals surface area (Å²) in [4.78, 5) is 35.9. The summed E-state index contributed by atoms with van der Waals surface area (Å²) in [5.41, 5.74) is 2.67. The van der Waals surface area contributed by atoms with Gasteiger partial charge in [-0.15, -0.1) is 0 Å². The number of para-hydroxylation sites is 2. The summed E-state index contributed by atoms with van der Waals surface area (Å²) in [5.74, 6) is -1.81. The maximum absolute atomic E-state index is 12.0. The van der Waals surface area contributed by atoms with E-state index in [1.54, 1.807) is 36.4 Å². The fourth-order valence-electron chi connectivity index (χ4n) is 2.74. The minimum absolute atomic E-state index is 0.0212. The highest BCUT2D eigenvalue weighted by molar-refractivity contribution is 5.92. The highest BCUT2D eigenvalue weighted by Crippen LogP contribution is 2.23. The van der Waals surface area contributed by atoms with Gasteiger partial charge in [-0.3, -0.25) is 14.2 Å². The summed E-state index contributed by atoms with van der Waals surface area (Å²) in [6, 6.07) is 14.3. The number of benzene rings is 2. The van der Waals surface area contributed by atoms with Gasteiger partial charge in [-0.05, 0) is 35.2 Å². The number of carbonyl (C=O) groups is 2. The predicted octanol–water partition coefficient (Wildman–Crippen LogP) is 3.07. The van der Waals surface area contributed by atoms with Crippen molar-refractivity contribution in [1.82, 2.24) is 4.57 Å². The number of hydrogen-bond acceptors (Lipinski definition) is 5. The van der Waals surface area contributed by atoms with Crippen LogP contribution in [0.4, 0.5) is 5.69 Å². The van der Waals surface area contributed by atoms with Crippen molar-refractivity contribution in [2.45, 2.75) is 32.7 Å². The van der Waals surface area contributed by atoms with Gasteiger partial charge in [0.25, 0.3) is 5.91 Å². The number of rotatable bonds is 5. The van der Waals surface area contributed by atoms with Crippen molar-refractivity contribution in [2.24, 2.45) is 0 Å². The van der Waals surface area contributed by atoms with Gasteiger partial charge < -0.3 is 14.5 Å². The van der Waals surface area contributed by atoms with E-state index in [1.165, 1.54) is 4.57 Å². The molecular formula is C21H22N2O5. The molecule has 2 aromatic carbocycles. The molecule has 0 unspecified atom stereocenters. The van der Waals surface area contributed by atoms with E-state index >= 15 is 0 Å². The third-order valence-electron chi connectivity index (χ3n) is 4.26. The minimum Gasteiger partial charge on any atom is -0.454 e. The molecule has 0 spiro atoms. The van der Waals surface area contributed by atoms with E-state index in [0.29, 0.717) is 16.8 Å². The summed E-state index contributed by atoms with van der Waals surface area (Å²) in [5, 5.41) is 2.67. The fraction of sp³-hybridized carbons (Fsp3) is 0.286. The molecule has 1 N–H and O–H groups in total. The lowest BCUT2D eigenvalue weighted by atomic mass is 9.87. The molecule has 0 aliphatic carbocycles. The Morgan fingerprint density at radius 3 is 2.43 bits per heavy atom. The van der Waals surface area contributed by atoms with E-state index < -0.39 is 24.2 Å². The zero-order chi connectivity index (χ0) is 20.3. The van der Waals surface area contributed by atoms with Crippen LogP contribution in [0.2, 0.25) is 0 Å². The lowest BCUT2D eigenvalue weighted by Crippen LogP contribution is -2.25. The second kappa shape index (κ2) is 7.72.